The van der Waals surface area contributed by atoms with E-state index < -0.39 is 0 Å². The predicted molar refractivity (Wildman–Crippen MR) is 111 cm³/mol. The third-order valence-electron chi connectivity index (χ3n) is 4.76. The van der Waals surface area contributed by atoms with Crippen LogP contribution < -0.4 is 10.6 Å². The largest absolute Gasteiger partial charge is 0.295 e. The molecule has 2 heterocycles. The molecule has 0 saturated heterocycles. The minimum atomic E-state index is -0.245. The van der Waals surface area contributed by atoms with Crippen LogP contribution in [0.5, 0.6) is 0 Å². The van der Waals surface area contributed by atoms with Crippen molar-refractivity contribution in [2.24, 2.45) is 5.10 Å². The van der Waals surface area contributed by atoms with E-state index in [4.69, 9.17) is 0 Å². The van der Waals surface area contributed by atoms with Crippen molar-refractivity contribution in [2.45, 2.75) is 20.8 Å². The SMILES string of the molecule is CC1=NN(c2ccccc2)C(=O)/C1=C\c1c(C)[nH]n(-c2ccc(C)cc2)c1=O. The van der Waals surface area contributed by atoms with Crippen molar-refractivity contribution in [3.8, 4) is 5.69 Å². The Labute approximate surface area is 162 Å². The zero-order valence-corrected chi connectivity index (χ0v) is 15.9. The summed E-state index contributed by atoms with van der Waals surface area (Å²) in [6.45, 7) is 5.58. The lowest BCUT2D eigenvalue weighted by Gasteiger charge is -2.10. The summed E-state index contributed by atoms with van der Waals surface area (Å²) in [6.07, 6.45) is 1.63. The van der Waals surface area contributed by atoms with E-state index in [1.54, 1.807) is 13.0 Å². The van der Waals surface area contributed by atoms with E-state index in [2.05, 4.69) is 10.2 Å². The van der Waals surface area contributed by atoms with Gasteiger partial charge in [0.25, 0.3) is 11.5 Å². The number of rotatable bonds is 3. The lowest BCUT2D eigenvalue weighted by atomic mass is 10.1. The second-order valence-electron chi connectivity index (χ2n) is 6.82. The minimum absolute atomic E-state index is 0.201. The van der Waals surface area contributed by atoms with Gasteiger partial charge in [-0.2, -0.15) is 10.1 Å². The number of para-hydroxylation sites is 1. The molecule has 2 aromatic carbocycles. The first-order valence-electron chi connectivity index (χ1n) is 9.01. The second kappa shape index (κ2) is 6.81. The van der Waals surface area contributed by atoms with Gasteiger partial charge in [-0.05, 0) is 51.1 Å². The van der Waals surface area contributed by atoms with Gasteiger partial charge >= 0.3 is 0 Å². The zero-order valence-electron chi connectivity index (χ0n) is 15.9. The molecule has 1 amide bonds. The molecular formula is C22H20N4O2. The van der Waals surface area contributed by atoms with Crippen molar-refractivity contribution in [2.75, 3.05) is 5.01 Å². The number of anilines is 1. The van der Waals surface area contributed by atoms with Crippen molar-refractivity contribution in [1.82, 2.24) is 9.78 Å². The summed E-state index contributed by atoms with van der Waals surface area (Å²) >= 11 is 0. The van der Waals surface area contributed by atoms with E-state index in [-0.39, 0.29) is 11.5 Å². The quantitative estimate of drug-likeness (QED) is 0.714. The highest BCUT2D eigenvalue weighted by Crippen LogP contribution is 2.24. The number of aromatic amines is 1. The number of carbonyl (C=O) groups excluding carboxylic acids is 1. The van der Waals surface area contributed by atoms with Crippen molar-refractivity contribution >= 4 is 23.4 Å². The highest BCUT2D eigenvalue weighted by Gasteiger charge is 2.29. The van der Waals surface area contributed by atoms with E-state index >= 15 is 0 Å². The van der Waals surface area contributed by atoms with Crippen LogP contribution in [0.1, 0.15) is 23.7 Å². The van der Waals surface area contributed by atoms with Crippen LogP contribution in [0.4, 0.5) is 5.69 Å². The Bertz CT molecular complexity index is 1170. The second-order valence-corrected chi connectivity index (χ2v) is 6.82. The van der Waals surface area contributed by atoms with E-state index in [0.717, 1.165) is 11.3 Å². The fourth-order valence-electron chi connectivity index (χ4n) is 3.18. The van der Waals surface area contributed by atoms with E-state index in [9.17, 15) is 9.59 Å². The molecule has 0 aliphatic carbocycles. The number of benzene rings is 2. The van der Waals surface area contributed by atoms with Crippen LogP contribution in [0.2, 0.25) is 0 Å². The van der Waals surface area contributed by atoms with Gasteiger partial charge in [0, 0.05) is 5.69 Å². The number of nitrogens with one attached hydrogen (secondary N) is 1. The molecule has 1 aliphatic heterocycles. The maximum absolute atomic E-state index is 13.0. The number of aryl methyl sites for hydroxylation is 2. The highest BCUT2D eigenvalue weighted by atomic mass is 16.2. The lowest BCUT2D eigenvalue weighted by Crippen LogP contribution is -2.21. The van der Waals surface area contributed by atoms with Gasteiger partial charge in [0.1, 0.15) is 0 Å². The number of carbonyl (C=O) groups is 1. The summed E-state index contributed by atoms with van der Waals surface area (Å²) in [4.78, 5) is 25.8. The number of hydrazone groups is 1. The maximum Gasteiger partial charge on any atom is 0.280 e. The molecule has 6 heteroatoms. The number of H-pyrrole nitrogens is 1. The molecule has 0 fully saturated rings. The Morgan fingerprint density at radius 3 is 2.25 bits per heavy atom. The van der Waals surface area contributed by atoms with Gasteiger partial charge in [0.2, 0.25) is 0 Å². The number of hydrogen-bond donors (Lipinski definition) is 1. The first kappa shape index (κ1) is 17.7. The Balaban J connectivity index is 1.74. The van der Waals surface area contributed by atoms with Gasteiger partial charge in [-0.25, -0.2) is 4.68 Å². The van der Waals surface area contributed by atoms with Crippen molar-refractivity contribution < 1.29 is 4.79 Å². The molecule has 0 bridgehead atoms. The van der Waals surface area contributed by atoms with Crippen molar-refractivity contribution in [3.63, 3.8) is 0 Å². The summed E-state index contributed by atoms with van der Waals surface area (Å²) in [6, 6.07) is 16.9. The lowest BCUT2D eigenvalue weighted by molar-refractivity contribution is -0.114. The smallest absolute Gasteiger partial charge is 0.280 e. The normalized spacial score (nSPS) is 15.4. The van der Waals surface area contributed by atoms with E-state index in [1.807, 2.05) is 68.4 Å². The third kappa shape index (κ3) is 2.99. The molecule has 0 spiro atoms. The molecule has 28 heavy (non-hydrogen) atoms. The Hall–Kier alpha value is -3.67. The molecule has 0 atom stereocenters. The first-order chi connectivity index (χ1) is 13.5. The molecule has 3 aromatic rings. The highest BCUT2D eigenvalue weighted by molar-refractivity contribution is 6.32. The van der Waals surface area contributed by atoms with Gasteiger partial charge in [0.15, 0.2) is 0 Å². The summed E-state index contributed by atoms with van der Waals surface area (Å²) in [5, 5.41) is 8.82. The number of amides is 1. The fourth-order valence-corrected chi connectivity index (χ4v) is 3.18. The van der Waals surface area contributed by atoms with E-state index in [1.165, 1.54) is 9.69 Å². The van der Waals surface area contributed by atoms with Crippen molar-refractivity contribution in [1.29, 1.82) is 0 Å². The van der Waals surface area contributed by atoms with Crippen LogP contribution in [0, 0.1) is 13.8 Å². The van der Waals surface area contributed by atoms with Gasteiger partial charge in [-0.1, -0.05) is 35.9 Å². The van der Waals surface area contributed by atoms with Crippen LogP contribution in [-0.2, 0) is 4.79 Å². The van der Waals surface area contributed by atoms with Crippen molar-refractivity contribution in [3.05, 3.63) is 87.3 Å². The third-order valence-corrected chi connectivity index (χ3v) is 4.76. The standard InChI is InChI=1S/C22H20N4O2/c1-14-9-11-18(12-10-14)26-22(28)20(16(3)24-26)13-19-15(2)23-25(21(19)27)17-7-5-4-6-8-17/h4-13,24H,1-3H3/b19-13-. The molecule has 0 radical (unpaired) electrons. The van der Waals surface area contributed by atoms with Crippen LogP contribution >= 0.6 is 0 Å². The topological polar surface area (TPSA) is 70.5 Å². The molecule has 140 valence electrons. The monoisotopic (exact) mass is 372 g/mol. The number of hydrogen-bond acceptors (Lipinski definition) is 3. The summed E-state index contributed by atoms with van der Waals surface area (Å²) in [7, 11) is 0. The first-order valence-corrected chi connectivity index (χ1v) is 9.01. The van der Waals surface area contributed by atoms with E-state index in [0.29, 0.717) is 28.2 Å². The summed E-state index contributed by atoms with van der Waals surface area (Å²) in [5.74, 6) is -0.245. The average Bonchev–Trinajstić information content (AvgIpc) is 3.14. The molecule has 0 unspecified atom stereocenters. The minimum Gasteiger partial charge on any atom is -0.295 e. The molecular weight excluding hydrogens is 352 g/mol. The average molecular weight is 372 g/mol. The molecule has 1 aliphatic rings. The summed E-state index contributed by atoms with van der Waals surface area (Å²) in [5.41, 5.74) is 4.50. The zero-order chi connectivity index (χ0) is 19.8. The van der Waals surface area contributed by atoms with Gasteiger partial charge in [-0.3, -0.25) is 14.7 Å². The van der Waals surface area contributed by atoms with Crippen LogP contribution in [-0.4, -0.2) is 21.4 Å². The fraction of sp³-hybridized carbons (Fsp3) is 0.136. The molecule has 6 nitrogen and oxygen atoms in total. The predicted octanol–water partition coefficient (Wildman–Crippen LogP) is 3.59. The number of aromatic nitrogens is 2. The molecule has 0 saturated carbocycles. The van der Waals surface area contributed by atoms with Crippen LogP contribution in [0.25, 0.3) is 11.8 Å². The van der Waals surface area contributed by atoms with Crippen LogP contribution in [0.15, 0.2) is 70.1 Å². The Kier molecular flexibility index (Phi) is 4.31. The van der Waals surface area contributed by atoms with Gasteiger partial charge < -0.3 is 0 Å². The molecule has 1 N–H and O–H groups in total. The van der Waals surface area contributed by atoms with Crippen LogP contribution in [0.3, 0.4) is 0 Å². The molecule has 1 aromatic heterocycles. The maximum atomic E-state index is 13.0. The molecule has 4 rings (SSSR count). The number of nitrogens with zero attached hydrogens (tertiary/aromatic N) is 3. The Morgan fingerprint density at radius 2 is 1.57 bits per heavy atom. The summed E-state index contributed by atoms with van der Waals surface area (Å²) < 4.78 is 1.49. The van der Waals surface area contributed by atoms with Gasteiger partial charge in [0.05, 0.1) is 28.2 Å². The van der Waals surface area contributed by atoms with Gasteiger partial charge in [-0.15, -0.1) is 0 Å². The Morgan fingerprint density at radius 1 is 0.893 bits per heavy atom.